The maximum Gasteiger partial charge on any atom is 0.119 e. The third kappa shape index (κ3) is 6.60. The van der Waals surface area contributed by atoms with Gasteiger partial charge in [-0.25, -0.2) is 0 Å². The molecule has 2 N–H and O–H groups in total. The smallest absolute Gasteiger partial charge is 0.119 e. The number of hydrogen-bond acceptors (Lipinski definition) is 4. The van der Waals surface area contributed by atoms with Crippen molar-refractivity contribution in [1.82, 2.24) is 5.32 Å². The minimum absolute atomic E-state index is 0.327. The lowest BCUT2D eigenvalue weighted by Gasteiger charge is -2.35. The number of nitrogens with one attached hydrogen (secondary N) is 1. The average molecular weight is 356 g/mol. The minimum atomic E-state index is -0.482. The van der Waals surface area contributed by atoms with E-state index in [1.54, 1.807) is 12.1 Å². The molecule has 1 saturated carbocycles. The standard InChI is InChI=1S/C19H30ClNO3/c1-14-4-3-5-19(15(14)2)21-12-17(22)13-23-10-11-24-18-8-6-16(20)7-9-18/h6-9,14-15,17,19,21-22H,3-5,10-13H2,1-2H3/t14-,15+,17+,19+/m0/s1. The van der Waals surface area contributed by atoms with Gasteiger partial charge in [-0.1, -0.05) is 38.3 Å². The van der Waals surface area contributed by atoms with Gasteiger partial charge in [-0.3, -0.25) is 0 Å². The van der Waals surface area contributed by atoms with Gasteiger partial charge in [-0.2, -0.15) is 0 Å². The number of rotatable bonds is 9. The van der Waals surface area contributed by atoms with E-state index in [9.17, 15) is 5.11 Å². The zero-order valence-electron chi connectivity index (χ0n) is 14.7. The number of ether oxygens (including phenoxy) is 2. The first kappa shape index (κ1) is 19.5. The molecule has 1 aliphatic rings. The van der Waals surface area contributed by atoms with E-state index in [-0.39, 0.29) is 0 Å². The zero-order chi connectivity index (χ0) is 17.4. The maximum atomic E-state index is 10.0. The second kappa shape index (κ2) is 10.2. The molecule has 0 bridgehead atoms. The highest BCUT2D eigenvalue weighted by Gasteiger charge is 2.26. The van der Waals surface area contributed by atoms with E-state index in [1.807, 2.05) is 12.1 Å². The van der Waals surface area contributed by atoms with Crippen LogP contribution in [-0.4, -0.2) is 43.6 Å². The SMILES string of the molecule is C[C@@H]1[C@@H](C)CCC[C@H]1NC[C@@H](O)COCCOc1ccc(Cl)cc1. The highest BCUT2D eigenvalue weighted by molar-refractivity contribution is 6.30. The number of hydrogen-bond donors (Lipinski definition) is 2. The van der Waals surface area contributed by atoms with E-state index >= 15 is 0 Å². The van der Waals surface area contributed by atoms with Gasteiger partial charge < -0.3 is 19.9 Å². The van der Waals surface area contributed by atoms with Crippen molar-refractivity contribution in [3.8, 4) is 5.75 Å². The van der Waals surface area contributed by atoms with Crippen LogP contribution in [0, 0.1) is 11.8 Å². The topological polar surface area (TPSA) is 50.7 Å². The highest BCUT2D eigenvalue weighted by atomic mass is 35.5. The number of benzene rings is 1. The third-order valence-corrected chi connectivity index (χ3v) is 5.19. The van der Waals surface area contributed by atoms with Gasteiger partial charge in [0, 0.05) is 17.6 Å². The van der Waals surface area contributed by atoms with Crippen LogP contribution in [0.3, 0.4) is 0 Å². The zero-order valence-corrected chi connectivity index (χ0v) is 15.5. The molecule has 0 unspecified atom stereocenters. The lowest BCUT2D eigenvalue weighted by atomic mass is 9.78. The Kier molecular flexibility index (Phi) is 8.33. The molecule has 0 amide bonds. The summed E-state index contributed by atoms with van der Waals surface area (Å²) >= 11 is 5.82. The van der Waals surface area contributed by atoms with Crippen LogP contribution in [0.5, 0.6) is 5.75 Å². The Morgan fingerprint density at radius 3 is 2.71 bits per heavy atom. The summed E-state index contributed by atoms with van der Waals surface area (Å²) in [6.45, 7) is 6.44. The van der Waals surface area contributed by atoms with Crippen LogP contribution >= 0.6 is 11.6 Å². The first-order valence-corrected chi connectivity index (χ1v) is 9.31. The summed E-state index contributed by atoms with van der Waals surface area (Å²) in [5.74, 6) is 2.19. The quantitative estimate of drug-likeness (QED) is 0.665. The van der Waals surface area contributed by atoms with Gasteiger partial charge in [0.1, 0.15) is 12.4 Å². The number of aliphatic hydroxyl groups excluding tert-OH is 1. The minimum Gasteiger partial charge on any atom is -0.491 e. The van der Waals surface area contributed by atoms with Crippen molar-refractivity contribution in [3.05, 3.63) is 29.3 Å². The lowest BCUT2D eigenvalue weighted by Crippen LogP contribution is -2.44. The average Bonchev–Trinajstić information content (AvgIpc) is 2.57. The van der Waals surface area contributed by atoms with Crippen molar-refractivity contribution < 1.29 is 14.6 Å². The second-order valence-electron chi connectivity index (χ2n) is 6.81. The van der Waals surface area contributed by atoms with Crippen LogP contribution in [0.25, 0.3) is 0 Å². The Labute approximate surface area is 150 Å². The summed E-state index contributed by atoms with van der Waals surface area (Å²) in [6, 6.07) is 7.75. The monoisotopic (exact) mass is 355 g/mol. The molecule has 0 heterocycles. The largest absolute Gasteiger partial charge is 0.491 e. The fourth-order valence-corrected chi connectivity index (χ4v) is 3.31. The van der Waals surface area contributed by atoms with Gasteiger partial charge in [0.2, 0.25) is 0 Å². The fraction of sp³-hybridized carbons (Fsp3) is 0.684. The van der Waals surface area contributed by atoms with Crippen LogP contribution in [0.15, 0.2) is 24.3 Å². The molecule has 2 rings (SSSR count). The molecule has 1 aromatic rings. The Morgan fingerprint density at radius 2 is 1.96 bits per heavy atom. The van der Waals surface area contributed by atoms with Gasteiger partial charge in [0.05, 0.1) is 19.3 Å². The molecule has 136 valence electrons. The molecule has 0 saturated heterocycles. The van der Waals surface area contributed by atoms with Gasteiger partial charge in [0.25, 0.3) is 0 Å². The molecule has 1 aromatic carbocycles. The van der Waals surface area contributed by atoms with Crippen molar-refractivity contribution in [2.75, 3.05) is 26.4 Å². The van der Waals surface area contributed by atoms with Crippen molar-refractivity contribution in [1.29, 1.82) is 0 Å². The molecule has 24 heavy (non-hydrogen) atoms. The van der Waals surface area contributed by atoms with Gasteiger partial charge in [-0.05, 0) is 42.5 Å². The molecule has 4 atom stereocenters. The summed E-state index contributed by atoms with van der Waals surface area (Å²) < 4.78 is 11.0. The molecular formula is C19H30ClNO3. The Bertz CT molecular complexity index is 468. The molecule has 0 radical (unpaired) electrons. The van der Waals surface area contributed by atoms with Gasteiger partial charge in [0.15, 0.2) is 0 Å². The Balaban J connectivity index is 1.53. The van der Waals surface area contributed by atoms with Crippen LogP contribution in [-0.2, 0) is 4.74 Å². The molecule has 0 spiro atoms. The summed E-state index contributed by atoms with van der Waals surface area (Å²) in [4.78, 5) is 0. The van der Waals surface area contributed by atoms with E-state index < -0.39 is 6.10 Å². The van der Waals surface area contributed by atoms with E-state index in [1.165, 1.54) is 19.3 Å². The normalized spacial score (nSPS) is 25.4. The molecule has 4 nitrogen and oxygen atoms in total. The van der Waals surface area contributed by atoms with E-state index in [0.29, 0.717) is 43.3 Å². The molecular weight excluding hydrogens is 326 g/mol. The van der Waals surface area contributed by atoms with E-state index in [4.69, 9.17) is 21.1 Å². The number of aliphatic hydroxyl groups is 1. The fourth-order valence-electron chi connectivity index (χ4n) is 3.19. The predicted octanol–water partition coefficient (Wildman–Crippen LogP) is 3.51. The van der Waals surface area contributed by atoms with E-state index in [2.05, 4.69) is 19.2 Å². The summed E-state index contributed by atoms with van der Waals surface area (Å²) in [7, 11) is 0. The Hall–Kier alpha value is -0.810. The molecule has 0 aromatic heterocycles. The molecule has 1 aliphatic carbocycles. The van der Waals surface area contributed by atoms with Crippen LogP contribution in [0.4, 0.5) is 0 Å². The van der Waals surface area contributed by atoms with Crippen LogP contribution < -0.4 is 10.1 Å². The Morgan fingerprint density at radius 1 is 1.21 bits per heavy atom. The van der Waals surface area contributed by atoms with Gasteiger partial charge >= 0.3 is 0 Å². The number of halogens is 1. The van der Waals surface area contributed by atoms with Gasteiger partial charge in [-0.15, -0.1) is 0 Å². The highest BCUT2D eigenvalue weighted by Crippen LogP contribution is 2.29. The van der Waals surface area contributed by atoms with Crippen LogP contribution in [0.2, 0.25) is 5.02 Å². The maximum absolute atomic E-state index is 10.0. The summed E-state index contributed by atoms with van der Waals surface area (Å²) in [6.07, 6.45) is 3.31. The molecule has 0 aliphatic heterocycles. The van der Waals surface area contributed by atoms with Crippen molar-refractivity contribution in [3.63, 3.8) is 0 Å². The first-order valence-electron chi connectivity index (χ1n) is 8.94. The summed E-state index contributed by atoms with van der Waals surface area (Å²) in [5.41, 5.74) is 0. The molecule has 5 heteroatoms. The van der Waals surface area contributed by atoms with Crippen molar-refractivity contribution in [2.45, 2.75) is 45.3 Å². The lowest BCUT2D eigenvalue weighted by molar-refractivity contribution is 0.0217. The van der Waals surface area contributed by atoms with Crippen molar-refractivity contribution >= 4 is 11.6 Å². The van der Waals surface area contributed by atoms with Crippen molar-refractivity contribution in [2.24, 2.45) is 11.8 Å². The first-order chi connectivity index (χ1) is 11.6. The van der Waals surface area contributed by atoms with E-state index in [0.717, 1.165) is 11.7 Å². The second-order valence-corrected chi connectivity index (χ2v) is 7.25. The molecule has 1 fully saturated rings. The predicted molar refractivity (Wildman–Crippen MR) is 97.7 cm³/mol. The van der Waals surface area contributed by atoms with Crippen LogP contribution in [0.1, 0.15) is 33.1 Å². The third-order valence-electron chi connectivity index (χ3n) is 4.94. The summed E-state index contributed by atoms with van der Waals surface area (Å²) in [5, 5.41) is 14.2.